The molecule has 8 heteroatoms. The smallest absolute Gasteiger partial charge is 0.275 e. The number of nitrogens with one attached hydrogen (secondary N) is 1. The van der Waals surface area contributed by atoms with E-state index in [-0.39, 0.29) is 18.4 Å². The number of nitrogens with zero attached hydrogens (tertiary/aromatic N) is 2. The van der Waals surface area contributed by atoms with E-state index >= 15 is 0 Å². The van der Waals surface area contributed by atoms with Crippen molar-refractivity contribution in [3.05, 3.63) is 52.2 Å². The van der Waals surface area contributed by atoms with Gasteiger partial charge in [0.2, 0.25) is 0 Å². The van der Waals surface area contributed by atoms with E-state index in [2.05, 4.69) is 10.3 Å². The monoisotopic (exact) mass is 413 g/mol. The maximum Gasteiger partial charge on any atom is 0.275 e. The van der Waals surface area contributed by atoms with Gasteiger partial charge in [0.1, 0.15) is 16.5 Å². The van der Waals surface area contributed by atoms with E-state index < -0.39 is 0 Å². The lowest BCUT2D eigenvalue weighted by molar-refractivity contribution is -0.132. The lowest BCUT2D eigenvalue weighted by Crippen LogP contribution is -2.32. The number of anilines is 1. The molecule has 0 saturated carbocycles. The summed E-state index contributed by atoms with van der Waals surface area (Å²) >= 11 is 3.04. The van der Waals surface area contributed by atoms with Crippen LogP contribution in [-0.2, 0) is 4.79 Å². The summed E-state index contributed by atoms with van der Waals surface area (Å²) in [5.41, 5.74) is 2.00. The van der Waals surface area contributed by atoms with Crippen LogP contribution < -0.4 is 10.1 Å². The third-order valence-corrected chi connectivity index (χ3v) is 5.99. The molecule has 1 N–H and O–H groups in total. The number of benzene rings is 1. The highest BCUT2D eigenvalue weighted by atomic mass is 32.1. The summed E-state index contributed by atoms with van der Waals surface area (Å²) in [7, 11) is 0. The van der Waals surface area contributed by atoms with E-state index in [9.17, 15) is 9.59 Å². The van der Waals surface area contributed by atoms with E-state index in [1.54, 1.807) is 41.0 Å². The number of carbonyl (C=O) groups excluding carboxylic acids is 2. The minimum absolute atomic E-state index is 0.00429. The molecule has 1 fully saturated rings. The molecule has 1 aliphatic rings. The fourth-order valence-corrected chi connectivity index (χ4v) is 4.47. The first-order valence-electron chi connectivity index (χ1n) is 8.99. The Morgan fingerprint density at radius 2 is 2.04 bits per heavy atom. The number of aromatic nitrogens is 1. The molecule has 0 bridgehead atoms. The number of carbonyl (C=O) groups is 2. The van der Waals surface area contributed by atoms with Crippen LogP contribution in [0.1, 0.15) is 23.3 Å². The Morgan fingerprint density at radius 1 is 1.18 bits per heavy atom. The summed E-state index contributed by atoms with van der Waals surface area (Å²) in [4.78, 5) is 30.8. The van der Waals surface area contributed by atoms with Crippen molar-refractivity contribution in [1.82, 2.24) is 9.88 Å². The van der Waals surface area contributed by atoms with Gasteiger partial charge >= 0.3 is 0 Å². The van der Waals surface area contributed by atoms with Gasteiger partial charge in [-0.1, -0.05) is 6.07 Å². The van der Waals surface area contributed by atoms with Crippen molar-refractivity contribution >= 4 is 40.2 Å². The summed E-state index contributed by atoms with van der Waals surface area (Å²) in [6, 6.07) is 9.02. The van der Waals surface area contributed by atoms with Crippen molar-refractivity contribution in [2.24, 2.45) is 0 Å². The predicted molar refractivity (Wildman–Crippen MR) is 111 cm³/mol. The van der Waals surface area contributed by atoms with Crippen molar-refractivity contribution in [1.29, 1.82) is 0 Å². The second kappa shape index (κ2) is 8.53. The zero-order valence-electron chi connectivity index (χ0n) is 15.1. The first kappa shape index (κ1) is 18.6. The molecular weight excluding hydrogens is 394 g/mol. The predicted octanol–water partition coefficient (Wildman–Crippen LogP) is 4.13. The topological polar surface area (TPSA) is 71.5 Å². The van der Waals surface area contributed by atoms with Crippen LogP contribution in [0.2, 0.25) is 0 Å². The molecule has 1 aromatic carbocycles. The highest BCUT2D eigenvalue weighted by molar-refractivity contribution is 7.14. The molecule has 28 heavy (non-hydrogen) atoms. The first-order valence-corrected chi connectivity index (χ1v) is 10.8. The van der Waals surface area contributed by atoms with E-state index in [1.807, 2.05) is 21.7 Å². The lowest BCUT2D eigenvalue weighted by atomic mass is 10.3. The number of hydrogen-bond donors (Lipinski definition) is 1. The van der Waals surface area contributed by atoms with Gasteiger partial charge in [0.05, 0.1) is 0 Å². The maximum atomic E-state index is 12.5. The maximum absolute atomic E-state index is 12.5. The van der Waals surface area contributed by atoms with E-state index in [0.717, 1.165) is 36.5 Å². The third-order valence-electron chi connectivity index (χ3n) is 4.42. The Hall–Kier alpha value is -2.71. The Morgan fingerprint density at radius 3 is 2.82 bits per heavy atom. The van der Waals surface area contributed by atoms with Crippen LogP contribution in [0.5, 0.6) is 5.75 Å². The fourth-order valence-electron chi connectivity index (χ4n) is 2.96. The van der Waals surface area contributed by atoms with Crippen LogP contribution in [0.25, 0.3) is 10.6 Å². The standard InChI is InChI=1S/C20H19N3O3S2/c24-18(23-7-1-2-8-23)11-26-16-5-3-4-15(10-16)21-19(25)17-13-28-20(22-17)14-6-9-27-12-14/h3-6,9-10,12-13H,1-2,7-8,11H2,(H,21,25). The molecule has 4 rings (SSSR count). The Balaban J connectivity index is 1.36. The molecule has 1 saturated heterocycles. The van der Waals surface area contributed by atoms with Crippen LogP contribution >= 0.6 is 22.7 Å². The zero-order chi connectivity index (χ0) is 19.3. The second-order valence-electron chi connectivity index (χ2n) is 6.41. The van der Waals surface area contributed by atoms with E-state index in [4.69, 9.17) is 4.74 Å². The summed E-state index contributed by atoms with van der Waals surface area (Å²) in [6.45, 7) is 1.62. The summed E-state index contributed by atoms with van der Waals surface area (Å²) in [5.74, 6) is 0.265. The SMILES string of the molecule is O=C(Nc1cccc(OCC(=O)N2CCCC2)c1)c1csc(-c2ccsc2)n1. The largest absolute Gasteiger partial charge is 0.484 e. The number of rotatable bonds is 6. The van der Waals surface area contributed by atoms with Crippen LogP contribution in [0.4, 0.5) is 5.69 Å². The summed E-state index contributed by atoms with van der Waals surface area (Å²) in [6.07, 6.45) is 2.11. The van der Waals surface area contributed by atoms with Gasteiger partial charge < -0.3 is 15.0 Å². The molecule has 2 amide bonds. The Kier molecular flexibility index (Phi) is 5.68. The average Bonchev–Trinajstić information content (AvgIpc) is 3.48. The normalized spacial score (nSPS) is 13.5. The molecular formula is C20H19N3O3S2. The molecule has 0 atom stereocenters. The minimum Gasteiger partial charge on any atom is -0.484 e. The van der Waals surface area contributed by atoms with Gasteiger partial charge in [-0.2, -0.15) is 11.3 Å². The molecule has 3 aromatic rings. The molecule has 0 spiro atoms. The minimum atomic E-state index is -0.275. The number of hydrogen-bond acceptors (Lipinski definition) is 6. The fraction of sp³-hybridized carbons (Fsp3) is 0.250. The Bertz CT molecular complexity index is 963. The second-order valence-corrected chi connectivity index (χ2v) is 8.05. The molecule has 0 aliphatic carbocycles. The van der Waals surface area contributed by atoms with Gasteiger partial charge in [0.25, 0.3) is 11.8 Å². The molecule has 0 unspecified atom stereocenters. The van der Waals surface area contributed by atoms with Gasteiger partial charge in [-0.3, -0.25) is 9.59 Å². The van der Waals surface area contributed by atoms with Crippen molar-refractivity contribution < 1.29 is 14.3 Å². The zero-order valence-corrected chi connectivity index (χ0v) is 16.7. The van der Waals surface area contributed by atoms with Crippen LogP contribution in [0, 0.1) is 0 Å². The highest BCUT2D eigenvalue weighted by Gasteiger charge is 2.18. The number of thiazole rings is 1. The molecule has 1 aliphatic heterocycles. The summed E-state index contributed by atoms with van der Waals surface area (Å²) in [5, 5.41) is 9.39. The van der Waals surface area contributed by atoms with Gasteiger partial charge in [-0.15, -0.1) is 11.3 Å². The molecule has 0 radical (unpaired) electrons. The molecule has 6 nitrogen and oxygen atoms in total. The van der Waals surface area contributed by atoms with Gasteiger partial charge in [0.15, 0.2) is 6.61 Å². The molecule has 3 heterocycles. The quantitative estimate of drug-likeness (QED) is 0.660. The first-order chi connectivity index (χ1) is 13.7. The van der Waals surface area contributed by atoms with Crippen molar-refractivity contribution in [2.45, 2.75) is 12.8 Å². The van der Waals surface area contributed by atoms with Crippen molar-refractivity contribution in [2.75, 3.05) is 25.0 Å². The average molecular weight is 414 g/mol. The number of likely N-dealkylation sites (tertiary alicyclic amines) is 1. The van der Waals surface area contributed by atoms with Gasteiger partial charge in [-0.05, 0) is 36.4 Å². The Labute approximate surface area is 170 Å². The van der Waals surface area contributed by atoms with Gasteiger partial charge in [0, 0.05) is 41.2 Å². The van der Waals surface area contributed by atoms with Crippen LogP contribution in [-0.4, -0.2) is 41.4 Å². The molecule has 144 valence electrons. The van der Waals surface area contributed by atoms with E-state index in [0.29, 0.717) is 17.1 Å². The van der Waals surface area contributed by atoms with Crippen LogP contribution in [0.3, 0.4) is 0 Å². The number of thiophene rings is 1. The third kappa shape index (κ3) is 4.40. The number of ether oxygens (including phenoxy) is 1. The summed E-state index contributed by atoms with van der Waals surface area (Å²) < 4.78 is 5.61. The lowest BCUT2D eigenvalue weighted by Gasteiger charge is -2.15. The van der Waals surface area contributed by atoms with Crippen molar-refractivity contribution in [3.8, 4) is 16.3 Å². The number of amides is 2. The van der Waals surface area contributed by atoms with E-state index in [1.165, 1.54) is 11.3 Å². The highest BCUT2D eigenvalue weighted by Crippen LogP contribution is 2.26. The van der Waals surface area contributed by atoms with Crippen LogP contribution in [0.15, 0.2) is 46.5 Å². The van der Waals surface area contributed by atoms with Gasteiger partial charge in [-0.25, -0.2) is 4.98 Å². The van der Waals surface area contributed by atoms with Crippen molar-refractivity contribution in [3.63, 3.8) is 0 Å². The molecule has 2 aromatic heterocycles.